The summed E-state index contributed by atoms with van der Waals surface area (Å²) in [6.07, 6.45) is 4.30. The molecule has 2 N–H and O–H groups in total. The summed E-state index contributed by atoms with van der Waals surface area (Å²) < 4.78 is 16.1. The topological polar surface area (TPSA) is 98.4 Å². The normalized spacial score (nSPS) is 10.5. The molecule has 1 aromatic carbocycles. The van der Waals surface area contributed by atoms with Crippen LogP contribution >= 0.6 is 11.3 Å². The van der Waals surface area contributed by atoms with Crippen molar-refractivity contribution in [1.29, 1.82) is 0 Å². The fraction of sp³-hybridized carbons (Fsp3) is 0.316. The van der Waals surface area contributed by atoms with Gasteiger partial charge in [-0.1, -0.05) is 0 Å². The third kappa shape index (κ3) is 4.61. The van der Waals surface area contributed by atoms with E-state index >= 15 is 0 Å². The Hall–Kier alpha value is -3.07. The van der Waals surface area contributed by atoms with Crippen molar-refractivity contribution in [1.82, 2.24) is 20.3 Å². The van der Waals surface area contributed by atoms with E-state index in [0.717, 1.165) is 16.3 Å². The highest BCUT2D eigenvalue weighted by Crippen LogP contribution is 2.41. The lowest BCUT2D eigenvalue weighted by molar-refractivity contribution is -0.120. The second kappa shape index (κ2) is 9.23. The van der Waals surface area contributed by atoms with Crippen molar-refractivity contribution in [3.05, 3.63) is 41.4 Å². The van der Waals surface area contributed by atoms with E-state index in [4.69, 9.17) is 14.2 Å². The van der Waals surface area contributed by atoms with Gasteiger partial charge in [-0.05, 0) is 12.1 Å². The van der Waals surface area contributed by atoms with E-state index in [-0.39, 0.29) is 12.3 Å². The van der Waals surface area contributed by atoms with Crippen molar-refractivity contribution in [2.24, 2.45) is 0 Å². The monoisotopic (exact) mass is 402 g/mol. The zero-order valence-corrected chi connectivity index (χ0v) is 16.8. The van der Waals surface area contributed by atoms with Gasteiger partial charge in [-0.2, -0.15) is 0 Å². The van der Waals surface area contributed by atoms with Crippen LogP contribution in [0.4, 0.5) is 0 Å². The van der Waals surface area contributed by atoms with Gasteiger partial charge in [-0.15, -0.1) is 11.3 Å². The quantitative estimate of drug-likeness (QED) is 0.571. The van der Waals surface area contributed by atoms with Crippen LogP contribution in [-0.4, -0.2) is 48.7 Å². The van der Waals surface area contributed by atoms with Crippen molar-refractivity contribution in [2.45, 2.75) is 12.8 Å². The Labute approximate surface area is 166 Å². The second-order valence-electron chi connectivity index (χ2n) is 5.91. The number of benzene rings is 1. The Morgan fingerprint density at radius 2 is 1.93 bits per heavy atom. The number of nitrogens with one attached hydrogen (secondary N) is 2. The van der Waals surface area contributed by atoms with Gasteiger partial charge in [-0.3, -0.25) is 4.79 Å². The molecule has 148 valence electrons. The molecule has 9 heteroatoms. The van der Waals surface area contributed by atoms with Crippen LogP contribution in [0.15, 0.2) is 30.0 Å². The summed E-state index contributed by atoms with van der Waals surface area (Å²) in [5.41, 5.74) is 2.54. The predicted molar refractivity (Wildman–Crippen MR) is 106 cm³/mol. The minimum absolute atomic E-state index is 0.0683. The molecule has 0 radical (unpaired) electrons. The molecular weight excluding hydrogens is 380 g/mol. The zero-order chi connectivity index (χ0) is 19.9. The van der Waals surface area contributed by atoms with Crippen LogP contribution in [0.2, 0.25) is 0 Å². The largest absolute Gasteiger partial charge is 0.493 e. The molecule has 2 heterocycles. The highest BCUT2D eigenvalue weighted by atomic mass is 32.1. The third-order valence-corrected chi connectivity index (χ3v) is 5.02. The van der Waals surface area contributed by atoms with Crippen molar-refractivity contribution < 1.29 is 19.0 Å². The lowest BCUT2D eigenvalue weighted by atomic mass is 10.2. The lowest BCUT2D eigenvalue weighted by Gasteiger charge is -2.13. The molecule has 0 spiro atoms. The van der Waals surface area contributed by atoms with Crippen LogP contribution in [0.1, 0.15) is 11.4 Å². The van der Waals surface area contributed by atoms with E-state index in [1.807, 2.05) is 17.5 Å². The van der Waals surface area contributed by atoms with E-state index in [1.54, 1.807) is 33.9 Å². The van der Waals surface area contributed by atoms with Crippen LogP contribution in [0.25, 0.3) is 10.6 Å². The first kappa shape index (κ1) is 19.7. The average Bonchev–Trinajstić information content (AvgIpc) is 3.39. The maximum Gasteiger partial charge on any atom is 0.226 e. The van der Waals surface area contributed by atoms with Gasteiger partial charge >= 0.3 is 0 Å². The highest BCUT2D eigenvalue weighted by molar-refractivity contribution is 7.13. The Kier molecular flexibility index (Phi) is 6.49. The number of aromatic nitrogens is 3. The Morgan fingerprint density at radius 1 is 1.18 bits per heavy atom. The summed E-state index contributed by atoms with van der Waals surface area (Å²) in [6.45, 7) is 0.547. The molecule has 2 aromatic heterocycles. The molecule has 0 fully saturated rings. The Morgan fingerprint density at radius 3 is 2.54 bits per heavy atom. The van der Waals surface area contributed by atoms with E-state index < -0.39 is 0 Å². The van der Waals surface area contributed by atoms with Gasteiger partial charge in [0.1, 0.15) is 5.01 Å². The van der Waals surface area contributed by atoms with Crippen LogP contribution in [0, 0.1) is 0 Å². The number of thiazole rings is 1. The average molecular weight is 402 g/mol. The molecule has 8 nitrogen and oxygen atoms in total. The molecule has 0 saturated carbocycles. The number of rotatable bonds is 9. The Balaban J connectivity index is 1.65. The molecule has 28 heavy (non-hydrogen) atoms. The summed E-state index contributed by atoms with van der Waals surface area (Å²) in [7, 11) is 4.70. The highest BCUT2D eigenvalue weighted by Gasteiger charge is 2.16. The number of nitrogens with zero attached hydrogens (tertiary/aromatic N) is 2. The maximum absolute atomic E-state index is 12.1. The number of amides is 1. The molecule has 0 unspecified atom stereocenters. The van der Waals surface area contributed by atoms with Gasteiger partial charge in [0.05, 0.1) is 39.8 Å². The van der Waals surface area contributed by atoms with Gasteiger partial charge in [0.2, 0.25) is 11.7 Å². The minimum Gasteiger partial charge on any atom is -0.493 e. The van der Waals surface area contributed by atoms with Gasteiger partial charge in [0.25, 0.3) is 0 Å². The summed E-state index contributed by atoms with van der Waals surface area (Å²) in [6, 6.07) is 3.68. The first-order valence-electron chi connectivity index (χ1n) is 8.63. The molecule has 0 atom stereocenters. The number of hydrogen-bond acceptors (Lipinski definition) is 7. The van der Waals surface area contributed by atoms with Crippen molar-refractivity contribution in [2.75, 3.05) is 27.9 Å². The number of methoxy groups -OCH3 is 3. The van der Waals surface area contributed by atoms with Crippen molar-refractivity contribution >= 4 is 17.2 Å². The number of imidazole rings is 1. The number of carbonyl (C=O) groups is 1. The van der Waals surface area contributed by atoms with Crippen molar-refractivity contribution in [3.8, 4) is 27.8 Å². The third-order valence-electron chi connectivity index (χ3n) is 4.08. The fourth-order valence-electron chi connectivity index (χ4n) is 2.71. The van der Waals surface area contributed by atoms with E-state index in [0.29, 0.717) is 35.9 Å². The molecule has 0 bridgehead atoms. The summed E-state index contributed by atoms with van der Waals surface area (Å²) in [4.78, 5) is 23.7. The second-order valence-corrected chi connectivity index (χ2v) is 6.77. The molecule has 3 aromatic rings. The minimum atomic E-state index is -0.0683. The van der Waals surface area contributed by atoms with Gasteiger partial charge in [-0.25, -0.2) is 9.97 Å². The summed E-state index contributed by atoms with van der Waals surface area (Å²) in [5.74, 6) is 1.58. The molecule has 0 aliphatic rings. The first-order valence-corrected chi connectivity index (χ1v) is 9.51. The maximum atomic E-state index is 12.1. The number of ether oxygens (including phenoxy) is 3. The van der Waals surface area contributed by atoms with E-state index in [1.165, 1.54) is 11.3 Å². The Bertz CT molecular complexity index is 899. The summed E-state index contributed by atoms with van der Waals surface area (Å²) >= 11 is 1.46. The van der Waals surface area contributed by atoms with Gasteiger partial charge in [0.15, 0.2) is 11.5 Å². The first-order chi connectivity index (χ1) is 13.6. The molecule has 0 aliphatic carbocycles. The smallest absolute Gasteiger partial charge is 0.226 e. The number of carbonyl (C=O) groups excluding carboxylic acids is 1. The SMILES string of the molecule is COc1cc(-c2nc(CC(=O)NCCc3cnc[nH]3)cs2)cc(OC)c1OC. The van der Waals surface area contributed by atoms with Crippen LogP contribution in [0.5, 0.6) is 17.2 Å². The lowest BCUT2D eigenvalue weighted by Crippen LogP contribution is -2.27. The number of hydrogen-bond donors (Lipinski definition) is 2. The molecule has 0 saturated heterocycles. The number of H-pyrrole nitrogens is 1. The molecular formula is C19H22N4O4S. The van der Waals surface area contributed by atoms with Crippen molar-refractivity contribution in [3.63, 3.8) is 0 Å². The summed E-state index contributed by atoms with van der Waals surface area (Å²) in [5, 5.41) is 5.55. The van der Waals surface area contributed by atoms with Crippen LogP contribution in [0.3, 0.4) is 0 Å². The molecule has 0 aliphatic heterocycles. The van der Waals surface area contributed by atoms with Crippen LogP contribution in [-0.2, 0) is 17.6 Å². The van der Waals surface area contributed by atoms with E-state index in [2.05, 4.69) is 20.3 Å². The molecule has 1 amide bonds. The number of aromatic amines is 1. The fourth-order valence-corrected chi connectivity index (χ4v) is 3.52. The molecule has 3 rings (SSSR count). The van der Waals surface area contributed by atoms with Gasteiger partial charge < -0.3 is 24.5 Å². The van der Waals surface area contributed by atoms with E-state index in [9.17, 15) is 4.79 Å². The zero-order valence-electron chi connectivity index (χ0n) is 15.9. The van der Waals surface area contributed by atoms with Crippen LogP contribution < -0.4 is 19.5 Å². The van der Waals surface area contributed by atoms with Gasteiger partial charge in [0, 0.05) is 35.8 Å². The predicted octanol–water partition coefficient (Wildman–Crippen LogP) is 2.46. The standard InChI is InChI=1S/C19H22N4O4S/c1-25-15-6-12(7-16(26-2)18(15)27-3)19-23-14(10-28-19)8-17(24)21-5-4-13-9-20-11-22-13/h6-7,9-11H,4-5,8H2,1-3H3,(H,20,22)(H,21,24).